The molecule has 0 N–H and O–H groups in total. The quantitative estimate of drug-likeness (QED) is 0.243. The van der Waals surface area contributed by atoms with E-state index in [0.717, 1.165) is 11.8 Å². The molecule has 0 spiro atoms. The van der Waals surface area contributed by atoms with Gasteiger partial charge in [-0.25, -0.2) is 13.2 Å². The lowest BCUT2D eigenvalue weighted by Gasteiger charge is -2.30. The maximum atomic E-state index is 13.4. The third-order valence-electron chi connectivity index (χ3n) is 6.24. The van der Waals surface area contributed by atoms with E-state index in [2.05, 4.69) is 6.07 Å². The summed E-state index contributed by atoms with van der Waals surface area (Å²) in [6.07, 6.45) is 0.313. The van der Waals surface area contributed by atoms with Gasteiger partial charge in [0, 0.05) is 13.1 Å². The van der Waals surface area contributed by atoms with Crippen molar-refractivity contribution >= 4 is 44.4 Å². The number of carbonyl (C=O) groups excluding carboxylic acids is 1. The molecule has 1 aliphatic heterocycles. The van der Waals surface area contributed by atoms with Crippen LogP contribution in [0.15, 0.2) is 65.6 Å². The summed E-state index contributed by atoms with van der Waals surface area (Å²) in [5.41, 5.74) is -1.11. The Morgan fingerprint density at radius 2 is 1.78 bits per heavy atom. The fourth-order valence-electron chi connectivity index (χ4n) is 4.30. The van der Waals surface area contributed by atoms with Gasteiger partial charge in [0.1, 0.15) is 0 Å². The Morgan fingerprint density at radius 3 is 2.36 bits per heavy atom. The van der Waals surface area contributed by atoms with Crippen LogP contribution in [0.25, 0.3) is 0 Å². The van der Waals surface area contributed by atoms with Crippen LogP contribution in [-0.2, 0) is 19.5 Å². The average molecular weight is 547 g/mol. The topological polar surface area (TPSA) is 96.7 Å². The van der Waals surface area contributed by atoms with Gasteiger partial charge in [-0.2, -0.15) is 9.57 Å². The molecule has 10 heteroatoms. The first-order chi connectivity index (χ1) is 17.1. The van der Waals surface area contributed by atoms with Crippen LogP contribution in [0, 0.1) is 28.6 Å². The van der Waals surface area contributed by atoms with Crippen LogP contribution >= 0.6 is 24.0 Å². The SMILES string of the molecule is CCOC(=S)SC(CC1CN(S(=O)(=O)c2ccccc2)CC1C(C)(C)C#N)OC(=O)c1ccccc1. The molecule has 0 aliphatic carbocycles. The number of nitriles is 1. The molecule has 2 aromatic rings. The van der Waals surface area contributed by atoms with Crippen LogP contribution in [0.2, 0.25) is 0 Å². The lowest BCUT2D eigenvalue weighted by molar-refractivity contribution is 0.0408. The lowest BCUT2D eigenvalue weighted by atomic mass is 9.73. The summed E-state index contributed by atoms with van der Waals surface area (Å²) in [7, 11) is -3.75. The van der Waals surface area contributed by atoms with Crippen molar-refractivity contribution in [3.8, 4) is 6.07 Å². The van der Waals surface area contributed by atoms with Crippen molar-refractivity contribution < 1.29 is 22.7 Å². The monoisotopic (exact) mass is 546 g/mol. The van der Waals surface area contributed by atoms with E-state index < -0.39 is 26.8 Å². The van der Waals surface area contributed by atoms with E-state index in [1.54, 1.807) is 54.6 Å². The van der Waals surface area contributed by atoms with Crippen molar-refractivity contribution in [2.75, 3.05) is 19.7 Å². The van der Waals surface area contributed by atoms with E-state index in [0.29, 0.717) is 18.6 Å². The van der Waals surface area contributed by atoms with E-state index >= 15 is 0 Å². The van der Waals surface area contributed by atoms with Crippen LogP contribution in [0.1, 0.15) is 37.6 Å². The first-order valence-electron chi connectivity index (χ1n) is 11.6. The Balaban J connectivity index is 1.87. The molecule has 0 amide bonds. The standard InChI is InChI=1S/C26H30N2O5S3/c1-4-32-25(34)35-23(33-24(29)19-11-7-5-8-12-19)15-20-16-28(17-22(20)26(2,3)18-27)36(30,31)21-13-9-6-10-14-21/h5-14,20,22-23H,4,15-17H2,1-3H3. The van der Waals surface area contributed by atoms with Gasteiger partial charge in [-0.1, -0.05) is 36.4 Å². The zero-order valence-electron chi connectivity index (χ0n) is 20.5. The first-order valence-corrected chi connectivity index (χ1v) is 14.4. The third kappa shape index (κ3) is 6.85. The summed E-state index contributed by atoms with van der Waals surface area (Å²) in [6.45, 7) is 6.21. The molecule has 0 aromatic heterocycles. The van der Waals surface area contributed by atoms with Gasteiger partial charge in [-0.3, -0.25) is 0 Å². The summed E-state index contributed by atoms with van der Waals surface area (Å²) in [5, 5.41) is 9.87. The summed E-state index contributed by atoms with van der Waals surface area (Å²) in [4.78, 5) is 13.0. The highest BCUT2D eigenvalue weighted by atomic mass is 32.2. The Labute approximate surface area is 222 Å². The molecule has 1 fully saturated rings. The fraction of sp³-hybridized carbons (Fsp3) is 0.423. The Morgan fingerprint density at radius 1 is 1.17 bits per heavy atom. The minimum absolute atomic E-state index is 0.197. The molecule has 0 radical (unpaired) electrons. The highest BCUT2D eigenvalue weighted by Crippen LogP contribution is 2.43. The summed E-state index contributed by atoms with van der Waals surface area (Å²) in [5.74, 6) is -1.03. The van der Waals surface area contributed by atoms with Crippen LogP contribution in [0.5, 0.6) is 0 Å². The molecular formula is C26H30N2O5S3. The van der Waals surface area contributed by atoms with Crippen molar-refractivity contribution in [3.05, 3.63) is 66.2 Å². The molecule has 0 bridgehead atoms. The molecule has 36 heavy (non-hydrogen) atoms. The van der Waals surface area contributed by atoms with Crippen molar-refractivity contribution in [1.82, 2.24) is 4.31 Å². The fourth-order valence-corrected chi connectivity index (χ4v) is 7.16. The van der Waals surface area contributed by atoms with Gasteiger partial charge in [0.25, 0.3) is 0 Å². The van der Waals surface area contributed by atoms with Crippen LogP contribution < -0.4 is 0 Å². The van der Waals surface area contributed by atoms with Gasteiger partial charge in [0.15, 0.2) is 5.44 Å². The average Bonchev–Trinajstić information content (AvgIpc) is 3.30. The van der Waals surface area contributed by atoms with Crippen molar-refractivity contribution in [1.29, 1.82) is 5.26 Å². The molecule has 0 saturated carbocycles. The number of ether oxygens (including phenoxy) is 2. The summed E-state index contributed by atoms with van der Waals surface area (Å²) < 4.78 is 39.6. The first kappa shape index (κ1) is 28.1. The second-order valence-electron chi connectivity index (χ2n) is 9.07. The number of carbonyl (C=O) groups is 1. The normalized spacial score (nSPS) is 19.3. The maximum Gasteiger partial charge on any atom is 0.339 e. The molecule has 192 valence electrons. The van der Waals surface area contributed by atoms with Gasteiger partial charge in [-0.05, 0) is 87.3 Å². The van der Waals surface area contributed by atoms with Crippen molar-refractivity contribution in [2.45, 2.75) is 37.5 Å². The van der Waals surface area contributed by atoms with E-state index in [1.807, 2.05) is 26.8 Å². The van der Waals surface area contributed by atoms with Gasteiger partial charge in [0.05, 0.1) is 28.6 Å². The predicted octanol–water partition coefficient (Wildman–Crippen LogP) is 5.10. The van der Waals surface area contributed by atoms with E-state index in [-0.39, 0.29) is 34.2 Å². The lowest BCUT2D eigenvalue weighted by Crippen LogP contribution is -2.32. The zero-order chi connectivity index (χ0) is 26.3. The molecular weight excluding hydrogens is 516 g/mol. The van der Waals surface area contributed by atoms with Crippen LogP contribution in [-0.4, -0.2) is 48.2 Å². The van der Waals surface area contributed by atoms with Crippen molar-refractivity contribution in [2.24, 2.45) is 17.3 Å². The zero-order valence-corrected chi connectivity index (χ0v) is 22.9. The number of hydrogen-bond donors (Lipinski definition) is 0. The minimum atomic E-state index is -3.75. The number of rotatable bonds is 9. The highest BCUT2D eigenvalue weighted by Gasteiger charge is 2.47. The predicted molar refractivity (Wildman–Crippen MR) is 144 cm³/mol. The molecule has 2 aromatic carbocycles. The molecule has 7 nitrogen and oxygen atoms in total. The number of hydrogen-bond acceptors (Lipinski definition) is 8. The largest absolute Gasteiger partial charge is 0.479 e. The maximum absolute atomic E-state index is 13.4. The Bertz CT molecular complexity index is 1200. The van der Waals surface area contributed by atoms with Crippen molar-refractivity contribution in [3.63, 3.8) is 0 Å². The van der Waals surface area contributed by atoms with E-state index in [4.69, 9.17) is 21.7 Å². The molecule has 1 saturated heterocycles. The van der Waals surface area contributed by atoms with Gasteiger partial charge in [-0.15, -0.1) is 0 Å². The number of sulfonamides is 1. The Kier molecular flexibility index (Phi) is 9.53. The highest BCUT2D eigenvalue weighted by molar-refractivity contribution is 8.22. The van der Waals surface area contributed by atoms with Crippen LogP contribution in [0.3, 0.4) is 0 Å². The number of thioether (sulfide) groups is 1. The van der Waals surface area contributed by atoms with Gasteiger partial charge >= 0.3 is 5.97 Å². The molecule has 3 rings (SSSR count). The molecule has 1 heterocycles. The molecule has 1 aliphatic rings. The summed E-state index contributed by atoms with van der Waals surface area (Å²) >= 11 is 6.42. The van der Waals surface area contributed by atoms with Crippen LogP contribution in [0.4, 0.5) is 0 Å². The van der Waals surface area contributed by atoms with E-state index in [1.165, 1.54) is 4.31 Å². The number of esters is 1. The second kappa shape index (κ2) is 12.2. The van der Waals surface area contributed by atoms with Gasteiger partial charge < -0.3 is 9.47 Å². The Hall–Kier alpha value is -2.45. The number of nitrogens with zero attached hydrogens (tertiary/aromatic N) is 2. The molecule has 3 atom stereocenters. The molecule has 3 unspecified atom stereocenters. The minimum Gasteiger partial charge on any atom is -0.479 e. The number of thiocarbonyl (C=S) groups is 1. The van der Waals surface area contributed by atoms with Gasteiger partial charge in [0.2, 0.25) is 14.4 Å². The third-order valence-corrected chi connectivity index (χ3v) is 9.35. The smallest absolute Gasteiger partial charge is 0.339 e. The second-order valence-corrected chi connectivity index (χ2v) is 12.8. The summed E-state index contributed by atoms with van der Waals surface area (Å²) in [6, 6.07) is 19.2. The number of benzene rings is 2. The van der Waals surface area contributed by atoms with E-state index in [9.17, 15) is 18.5 Å².